The van der Waals surface area contributed by atoms with Gasteiger partial charge in [0.1, 0.15) is 11.3 Å². The first kappa shape index (κ1) is 19.7. The van der Waals surface area contributed by atoms with E-state index in [1.165, 1.54) is 0 Å². The molecule has 0 bridgehead atoms. The minimum Gasteiger partial charge on any atom is -0.349 e. The van der Waals surface area contributed by atoms with Crippen molar-refractivity contribution in [3.05, 3.63) is 35.8 Å². The van der Waals surface area contributed by atoms with Crippen molar-refractivity contribution in [2.75, 3.05) is 19.6 Å². The molecule has 0 aromatic carbocycles. The number of carbonyl (C=O) groups is 1. The summed E-state index contributed by atoms with van der Waals surface area (Å²) in [6.07, 6.45) is 4.76. The Morgan fingerprint density at radius 3 is 2.76 bits per heavy atom. The van der Waals surface area contributed by atoms with Crippen LogP contribution in [0.5, 0.6) is 0 Å². The number of hydrogen-bond acceptors (Lipinski definition) is 3. The van der Waals surface area contributed by atoms with Crippen molar-refractivity contribution in [1.29, 1.82) is 0 Å². The number of carbonyl (C=O) groups excluding carboxylic acids is 1. The maximum atomic E-state index is 11.9. The summed E-state index contributed by atoms with van der Waals surface area (Å²) in [6.45, 7) is 6.50. The van der Waals surface area contributed by atoms with Crippen LogP contribution in [0.1, 0.15) is 29.4 Å². The molecule has 5 nitrogen and oxygen atoms in total. The molecule has 0 aliphatic rings. The molecule has 0 atom stereocenters. The van der Waals surface area contributed by atoms with Crippen LogP contribution in [0.4, 0.5) is 0 Å². The molecular formula is C14H22Cl2N4O. The van der Waals surface area contributed by atoms with Gasteiger partial charge >= 0.3 is 0 Å². The van der Waals surface area contributed by atoms with Crippen LogP contribution in [0.15, 0.2) is 24.5 Å². The molecule has 0 unspecified atom stereocenters. The summed E-state index contributed by atoms with van der Waals surface area (Å²) in [7, 11) is 0. The van der Waals surface area contributed by atoms with Crippen LogP contribution in [0.3, 0.4) is 0 Å². The number of pyridine rings is 1. The number of nitrogens with zero attached hydrogens (tertiary/aromatic N) is 2. The zero-order valence-electron chi connectivity index (χ0n) is 12.3. The molecule has 0 radical (unpaired) electrons. The Hall–Kier alpha value is -1.30. The zero-order valence-corrected chi connectivity index (χ0v) is 13.9. The van der Waals surface area contributed by atoms with Gasteiger partial charge in [-0.15, -0.1) is 24.8 Å². The summed E-state index contributed by atoms with van der Waals surface area (Å²) in [6, 6.07) is 3.95. The van der Waals surface area contributed by atoms with Crippen molar-refractivity contribution in [1.82, 2.24) is 20.0 Å². The summed E-state index contributed by atoms with van der Waals surface area (Å²) >= 11 is 0. The molecule has 7 heteroatoms. The molecule has 0 saturated heterocycles. The predicted molar refractivity (Wildman–Crippen MR) is 89.9 cm³/mol. The summed E-state index contributed by atoms with van der Waals surface area (Å²) in [4.78, 5) is 16.2. The Kier molecular flexibility index (Phi) is 9.01. The van der Waals surface area contributed by atoms with Crippen LogP contribution >= 0.6 is 24.8 Å². The smallest absolute Gasteiger partial charge is 0.271 e. The van der Waals surface area contributed by atoms with E-state index in [1.54, 1.807) is 6.20 Å². The first-order chi connectivity index (χ1) is 9.20. The Morgan fingerprint density at radius 1 is 1.29 bits per heavy atom. The lowest BCUT2D eigenvalue weighted by Crippen LogP contribution is -2.32. The number of aryl methyl sites for hydroxylation is 1. The fraction of sp³-hybridized carbons (Fsp3) is 0.429. The molecule has 0 spiro atoms. The van der Waals surface area contributed by atoms with Gasteiger partial charge in [-0.05, 0) is 37.6 Å². The molecule has 0 aliphatic carbocycles. The van der Waals surface area contributed by atoms with Crippen molar-refractivity contribution in [3.63, 3.8) is 0 Å². The predicted octanol–water partition coefficient (Wildman–Crippen LogP) is 2.22. The van der Waals surface area contributed by atoms with Gasteiger partial charge in [0, 0.05) is 25.5 Å². The van der Waals surface area contributed by atoms with E-state index < -0.39 is 0 Å². The number of amides is 1. The van der Waals surface area contributed by atoms with Crippen LogP contribution in [0.25, 0.3) is 5.65 Å². The second kappa shape index (κ2) is 9.60. The monoisotopic (exact) mass is 332 g/mol. The van der Waals surface area contributed by atoms with Crippen molar-refractivity contribution in [3.8, 4) is 0 Å². The molecule has 0 fully saturated rings. The van der Waals surface area contributed by atoms with E-state index in [9.17, 15) is 4.79 Å². The minimum absolute atomic E-state index is 0. The van der Waals surface area contributed by atoms with Crippen LogP contribution in [0.2, 0.25) is 0 Å². The summed E-state index contributed by atoms with van der Waals surface area (Å²) in [5, 5.41) is 6.09. The Labute approximate surface area is 137 Å². The number of nitrogens with one attached hydrogen (secondary N) is 2. The number of fused-ring (bicyclic) bond motifs is 1. The fourth-order valence-corrected chi connectivity index (χ4v) is 1.85. The third-order valence-electron chi connectivity index (χ3n) is 2.86. The average molecular weight is 333 g/mol. The Bertz CT molecular complexity index is 571. The standard InChI is InChI=1S/C14H20N4O.2ClH/c1-3-5-15-6-7-16-14(19)12-10-18-8-4-11(2)9-13(18)17-12;;/h4,8-10,15H,3,5-7H2,1-2H3,(H,16,19);2*1H. The molecule has 2 N–H and O–H groups in total. The van der Waals surface area contributed by atoms with E-state index >= 15 is 0 Å². The number of aromatic nitrogens is 2. The zero-order chi connectivity index (χ0) is 13.7. The molecule has 0 aliphatic heterocycles. The maximum Gasteiger partial charge on any atom is 0.271 e. The van der Waals surface area contributed by atoms with Crippen LogP contribution in [-0.2, 0) is 0 Å². The third-order valence-corrected chi connectivity index (χ3v) is 2.86. The molecule has 21 heavy (non-hydrogen) atoms. The van der Waals surface area contributed by atoms with Crippen LogP contribution < -0.4 is 10.6 Å². The van der Waals surface area contributed by atoms with Gasteiger partial charge in [-0.1, -0.05) is 6.92 Å². The highest BCUT2D eigenvalue weighted by Gasteiger charge is 2.09. The molecular weight excluding hydrogens is 311 g/mol. The molecule has 0 saturated carbocycles. The molecule has 2 aromatic heterocycles. The Balaban J connectivity index is 0.00000200. The van der Waals surface area contributed by atoms with Gasteiger partial charge in [-0.2, -0.15) is 0 Å². The summed E-state index contributed by atoms with van der Waals surface area (Å²) in [5.41, 5.74) is 2.39. The van der Waals surface area contributed by atoms with E-state index in [0.717, 1.165) is 30.7 Å². The SMILES string of the molecule is CCCNCCNC(=O)c1cn2ccc(C)cc2n1.Cl.Cl. The van der Waals surface area contributed by atoms with Gasteiger partial charge < -0.3 is 15.0 Å². The van der Waals surface area contributed by atoms with E-state index in [4.69, 9.17) is 0 Å². The summed E-state index contributed by atoms with van der Waals surface area (Å²) in [5.74, 6) is -0.125. The van der Waals surface area contributed by atoms with Gasteiger partial charge in [-0.3, -0.25) is 4.79 Å². The highest BCUT2D eigenvalue weighted by Crippen LogP contribution is 2.07. The molecule has 2 aromatic rings. The van der Waals surface area contributed by atoms with Crippen molar-refractivity contribution >= 4 is 36.4 Å². The summed E-state index contributed by atoms with van der Waals surface area (Å²) < 4.78 is 1.86. The largest absolute Gasteiger partial charge is 0.349 e. The number of imidazole rings is 1. The molecule has 2 heterocycles. The maximum absolute atomic E-state index is 11.9. The minimum atomic E-state index is -0.125. The number of hydrogen-bond donors (Lipinski definition) is 2. The van der Waals surface area contributed by atoms with Crippen molar-refractivity contribution in [2.45, 2.75) is 20.3 Å². The Morgan fingerprint density at radius 2 is 2.05 bits per heavy atom. The second-order valence-corrected chi connectivity index (χ2v) is 4.60. The average Bonchev–Trinajstić information content (AvgIpc) is 2.81. The first-order valence-electron chi connectivity index (χ1n) is 6.65. The van der Waals surface area contributed by atoms with Crippen molar-refractivity contribution < 1.29 is 4.79 Å². The lowest BCUT2D eigenvalue weighted by atomic mass is 10.3. The molecule has 2 rings (SSSR count). The van der Waals surface area contributed by atoms with Crippen molar-refractivity contribution in [2.24, 2.45) is 0 Å². The van der Waals surface area contributed by atoms with Gasteiger partial charge in [-0.25, -0.2) is 4.98 Å². The molecule has 1 amide bonds. The van der Waals surface area contributed by atoms with Gasteiger partial charge in [0.2, 0.25) is 0 Å². The normalized spacial score (nSPS) is 9.81. The van der Waals surface area contributed by atoms with Gasteiger partial charge in [0.25, 0.3) is 5.91 Å². The highest BCUT2D eigenvalue weighted by atomic mass is 35.5. The highest BCUT2D eigenvalue weighted by molar-refractivity contribution is 5.92. The van der Waals surface area contributed by atoms with E-state index in [1.807, 2.05) is 29.7 Å². The van der Waals surface area contributed by atoms with E-state index in [-0.39, 0.29) is 30.7 Å². The lowest BCUT2D eigenvalue weighted by Gasteiger charge is -2.03. The molecule has 118 valence electrons. The topological polar surface area (TPSA) is 58.4 Å². The third kappa shape index (κ3) is 5.53. The van der Waals surface area contributed by atoms with Gasteiger partial charge in [0.15, 0.2) is 0 Å². The van der Waals surface area contributed by atoms with Crippen LogP contribution in [0, 0.1) is 6.92 Å². The van der Waals surface area contributed by atoms with E-state index in [2.05, 4.69) is 22.5 Å². The first-order valence-corrected chi connectivity index (χ1v) is 6.65. The number of halogens is 2. The van der Waals surface area contributed by atoms with E-state index in [0.29, 0.717) is 12.2 Å². The second-order valence-electron chi connectivity index (χ2n) is 4.60. The van der Waals surface area contributed by atoms with Crippen LogP contribution in [-0.4, -0.2) is 34.9 Å². The van der Waals surface area contributed by atoms with Gasteiger partial charge in [0.05, 0.1) is 0 Å². The fourth-order valence-electron chi connectivity index (χ4n) is 1.85. The number of rotatable bonds is 6. The quantitative estimate of drug-likeness (QED) is 0.797. The lowest BCUT2D eigenvalue weighted by molar-refractivity contribution is 0.0949.